The second kappa shape index (κ2) is 7.13. The van der Waals surface area contributed by atoms with Crippen molar-refractivity contribution in [2.24, 2.45) is 0 Å². The number of fused-ring (bicyclic) bond motifs is 1. The lowest BCUT2D eigenvalue weighted by atomic mass is 10.1. The molecule has 0 saturated heterocycles. The number of rotatable bonds is 4. The van der Waals surface area contributed by atoms with Gasteiger partial charge in [-0.3, -0.25) is 9.78 Å². The van der Waals surface area contributed by atoms with Crippen molar-refractivity contribution >= 4 is 23.3 Å². The van der Waals surface area contributed by atoms with Crippen molar-refractivity contribution in [1.82, 2.24) is 15.1 Å². The summed E-state index contributed by atoms with van der Waals surface area (Å²) in [5, 5.41) is 5.71. The molecule has 1 aliphatic rings. The zero-order chi connectivity index (χ0) is 21.6. The molecule has 156 valence electrons. The molecule has 1 amide bonds. The van der Waals surface area contributed by atoms with Gasteiger partial charge in [-0.05, 0) is 13.0 Å². The summed E-state index contributed by atoms with van der Waals surface area (Å²) in [6, 6.07) is 2.35. The fourth-order valence-electron chi connectivity index (χ4n) is 2.69. The lowest BCUT2D eigenvalue weighted by molar-refractivity contribution is -0.286. The fourth-order valence-corrected chi connectivity index (χ4v) is 2.94. The minimum Gasteiger partial charge on any atom is -0.395 e. The molecule has 3 aromatic rings. The molecule has 30 heavy (non-hydrogen) atoms. The number of aromatic nitrogens is 3. The van der Waals surface area contributed by atoms with Gasteiger partial charge >= 0.3 is 6.29 Å². The Morgan fingerprint density at radius 2 is 1.87 bits per heavy atom. The summed E-state index contributed by atoms with van der Waals surface area (Å²) in [4.78, 5) is 20.3. The van der Waals surface area contributed by atoms with Crippen LogP contribution >= 0.6 is 11.6 Å². The van der Waals surface area contributed by atoms with Crippen molar-refractivity contribution in [3.8, 4) is 22.8 Å². The van der Waals surface area contributed by atoms with Crippen LogP contribution in [-0.4, -0.2) is 27.3 Å². The topological polar surface area (TPSA) is 99.4 Å². The predicted molar refractivity (Wildman–Crippen MR) is 92.8 cm³/mol. The van der Waals surface area contributed by atoms with Gasteiger partial charge in [0.2, 0.25) is 5.76 Å². The van der Waals surface area contributed by atoms with Gasteiger partial charge in [0.15, 0.2) is 17.3 Å². The number of halogens is 5. The van der Waals surface area contributed by atoms with E-state index in [1.54, 1.807) is 0 Å². The van der Waals surface area contributed by atoms with E-state index < -0.39 is 30.0 Å². The number of alkyl halides is 4. The van der Waals surface area contributed by atoms with Crippen LogP contribution in [0.4, 0.5) is 23.4 Å². The molecule has 0 bridgehead atoms. The highest BCUT2D eigenvalue weighted by atomic mass is 35.5. The lowest BCUT2D eigenvalue weighted by Gasteiger charge is -2.07. The molecule has 1 N–H and O–H groups in total. The molecule has 0 unspecified atom stereocenters. The standard InChI is InChI=1S/C17H9ClF4N4O4/c1-6-13(14(15(19)20)30-26-6)16(27)25-12-5-23-9(4-24-12)7-2-10-11(3-8(7)18)29-17(21,22)28-10/h2-5,15H,1H3,(H,24,25,27). The number of carbonyl (C=O) groups is 1. The van der Waals surface area contributed by atoms with Crippen molar-refractivity contribution in [1.29, 1.82) is 0 Å². The van der Waals surface area contributed by atoms with Crippen LogP contribution in [-0.2, 0) is 0 Å². The quantitative estimate of drug-likeness (QED) is 0.587. The number of benzene rings is 1. The van der Waals surface area contributed by atoms with E-state index in [4.69, 9.17) is 11.6 Å². The summed E-state index contributed by atoms with van der Waals surface area (Å²) in [6.45, 7) is 1.34. The molecule has 0 spiro atoms. The lowest BCUT2D eigenvalue weighted by Crippen LogP contribution is -2.25. The van der Waals surface area contributed by atoms with Crippen LogP contribution in [0.1, 0.15) is 28.2 Å². The normalized spacial score (nSPS) is 14.2. The smallest absolute Gasteiger partial charge is 0.395 e. The predicted octanol–water partition coefficient (Wildman–Crippen LogP) is 4.60. The van der Waals surface area contributed by atoms with E-state index in [0.717, 1.165) is 12.3 Å². The highest BCUT2D eigenvalue weighted by molar-refractivity contribution is 6.33. The van der Waals surface area contributed by atoms with E-state index in [1.165, 1.54) is 19.2 Å². The van der Waals surface area contributed by atoms with E-state index in [-0.39, 0.29) is 39.3 Å². The Morgan fingerprint density at radius 3 is 2.50 bits per heavy atom. The van der Waals surface area contributed by atoms with Crippen LogP contribution in [0.3, 0.4) is 0 Å². The first-order chi connectivity index (χ1) is 14.1. The Morgan fingerprint density at radius 1 is 1.17 bits per heavy atom. The van der Waals surface area contributed by atoms with Gasteiger partial charge in [-0.15, -0.1) is 8.78 Å². The number of hydrogen-bond donors (Lipinski definition) is 1. The van der Waals surface area contributed by atoms with Crippen molar-refractivity contribution < 1.29 is 36.4 Å². The first kappa shape index (κ1) is 19.9. The molecule has 0 saturated carbocycles. The van der Waals surface area contributed by atoms with Crippen LogP contribution in [0.25, 0.3) is 11.3 Å². The number of carbonyl (C=O) groups excluding carboxylic acids is 1. The number of ether oxygens (including phenoxy) is 2. The summed E-state index contributed by atoms with van der Waals surface area (Å²) in [5.41, 5.74) is -0.0297. The first-order valence-corrected chi connectivity index (χ1v) is 8.50. The Bertz CT molecular complexity index is 1140. The molecule has 0 aliphatic carbocycles. The largest absolute Gasteiger partial charge is 0.586 e. The van der Waals surface area contributed by atoms with Gasteiger partial charge in [-0.1, -0.05) is 16.8 Å². The summed E-state index contributed by atoms with van der Waals surface area (Å²) in [6.07, 6.45) is -4.50. The molecule has 3 heterocycles. The molecular weight excluding hydrogens is 436 g/mol. The number of nitrogens with one attached hydrogen (secondary N) is 1. The van der Waals surface area contributed by atoms with Crippen molar-refractivity contribution in [3.05, 3.63) is 46.6 Å². The van der Waals surface area contributed by atoms with Gasteiger partial charge in [0.25, 0.3) is 12.3 Å². The van der Waals surface area contributed by atoms with Gasteiger partial charge in [0.05, 0.1) is 28.8 Å². The summed E-state index contributed by atoms with van der Waals surface area (Å²) >= 11 is 6.09. The SMILES string of the molecule is Cc1noc(C(F)F)c1C(=O)Nc1cnc(-c2cc3c(cc2Cl)OC(F)(F)O3)cn1. The molecular formula is C17H9ClF4N4O4. The minimum absolute atomic E-state index is 0.0173. The third-order valence-electron chi connectivity index (χ3n) is 3.97. The Hall–Kier alpha value is -3.41. The van der Waals surface area contributed by atoms with Gasteiger partial charge in [0, 0.05) is 11.6 Å². The molecule has 1 aromatic carbocycles. The summed E-state index contributed by atoms with van der Waals surface area (Å²) in [5.74, 6) is -2.30. The number of anilines is 1. The van der Waals surface area contributed by atoms with Gasteiger partial charge in [0.1, 0.15) is 5.56 Å². The number of hydrogen-bond acceptors (Lipinski definition) is 7. The fraction of sp³-hybridized carbons (Fsp3) is 0.176. The van der Waals surface area contributed by atoms with Gasteiger partial charge in [-0.2, -0.15) is 0 Å². The van der Waals surface area contributed by atoms with E-state index in [1.807, 2.05) is 0 Å². The monoisotopic (exact) mass is 444 g/mol. The summed E-state index contributed by atoms with van der Waals surface area (Å²) < 4.78 is 65.4. The molecule has 2 aromatic heterocycles. The second-order valence-electron chi connectivity index (χ2n) is 6.00. The number of amides is 1. The molecule has 4 rings (SSSR count). The molecule has 0 fully saturated rings. The Kier molecular flexibility index (Phi) is 4.73. The average Bonchev–Trinajstić information content (AvgIpc) is 3.19. The zero-order valence-electron chi connectivity index (χ0n) is 14.8. The van der Waals surface area contributed by atoms with Crippen molar-refractivity contribution in [2.75, 3.05) is 5.32 Å². The van der Waals surface area contributed by atoms with Crippen LogP contribution in [0.15, 0.2) is 29.0 Å². The van der Waals surface area contributed by atoms with Gasteiger partial charge in [-0.25, -0.2) is 13.8 Å². The molecule has 0 atom stereocenters. The Labute approximate surface area is 169 Å². The first-order valence-electron chi connectivity index (χ1n) is 8.12. The third kappa shape index (κ3) is 3.61. The molecule has 13 heteroatoms. The van der Waals surface area contributed by atoms with Crippen molar-refractivity contribution in [3.63, 3.8) is 0 Å². The average molecular weight is 445 g/mol. The Balaban J connectivity index is 1.56. The molecule has 1 aliphatic heterocycles. The maximum absolute atomic E-state index is 13.2. The van der Waals surface area contributed by atoms with Crippen LogP contribution < -0.4 is 14.8 Å². The summed E-state index contributed by atoms with van der Waals surface area (Å²) in [7, 11) is 0. The van der Waals surface area contributed by atoms with E-state index >= 15 is 0 Å². The van der Waals surface area contributed by atoms with Crippen LogP contribution in [0, 0.1) is 6.92 Å². The third-order valence-corrected chi connectivity index (χ3v) is 4.29. The highest BCUT2D eigenvalue weighted by Crippen LogP contribution is 2.45. The van der Waals surface area contributed by atoms with E-state index in [0.29, 0.717) is 0 Å². The van der Waals surface area contributed by atoms with Crippen molar-refractivity contribution in [2.45, 2.75) is 19.6 Å². The van der Waals surface area contributed by atoms with Crippen LogP contribution in [0.2, 0.25) is 5.02 Å². The zero-order valence-corrected chi connectivity index (χ0v) is 15.5. The van der Waals surface area contributed by atoms with E-state index in [9.17, 15) is 22.4 Å². The second-order valence-corrected chi connectivity index (χ2v) is 6.40. The molecule has 0 radical (unpaired) electrons. The maximum Gasteiger partial charge on any atom is 0.586 e. The minimum atomic E-state index is -3.80. The van der Waals surface area contributed by atoms with Gasteiger partial charge < -0.3 is 19.3 Å². The highest BCUT2D eigenvalue weighted by Gasteiger charge is 2.44. The molecule has 8 nitrogen and oxygen atoms in total. The number of aryl methyl sites for hydroxylation is 1. The van der Waals surface area contributed by atoms with E-state index in [2.05, 4.69) is 34.4 Å². The van der Waals surface area contributed by atoms with Crippen LogP contribution in [0.5, 0.6) is 11.5 Å². The maximum atomic E-state index is 13.2. The number of nitrogens with zero attached hydrogens (tertiary/aromatic N) is 3.